The molecule has 1 aliphatic rings. The molecular weight excluding hydrogens is 385 g/mol. The van der Waals surface area contributed by atoms with E-state index in [1.54, 1.807) is 6.07 Å². The summed E-state index contributed by atoms with van der Waals surface area (Å²) in [5.74, 6) is -0.887. The van der Waals surface area contributed by atoms with Gasteiger partial charge in [-0.25, -0.2) is 9.79 Å². The number of fused-ring (bicyclic) bond motifs is 2. The van der Waals surface area contributed by atoms with Crippen molar-refractivity contribution in [3.63, 3.8) is 0 Å². The fraction of sp³-hybridized carbons (Fsp3) is 0.133. The Kier molecular flexibility index (Phi) is 3.41. The molecule has 0 bridgehead atoms. The van der Waals surface area contributed by atoms with Crippen LogP contribution in [0.4, 0.5) is 5.69 Å². The highest BCUT2D eigenvalue weighted by atomic mass is 127. The van der Waals surface area contributed by atoms with Crippen LogP contribution >= 0.6 is 28.9 Å². The predicted octanol–water partition coefficient (Wildman–Crippen LogP) is 4.20. The van der Waals surface area contributed by atoms with Crippen LogP contribution < -0.4 is 5.36 Å². The molecular formula is C15H12INO2S. The first-order valence-corrected chi connectivity index (χ1v) is 9.86. The molecule has 20 heavy (non-hydrogen) atoms. The van der Waals surface area contributed by atoms with Gasteiger partial charge in [-0.1, -0.05) is 25.9 Å². The molecule has 5 heteroatoms. The summed E-state index contributed by atoms with van der Waals surface area (Å²) in [4.78, 5) is 17.3. The molecule has 0 saturated carbocycles. The Hall–Kier alpha value is -1.21. The third-order valence-electron chi connectivity index (χ3n) is 3.36. The molecule has 1 N–H and O–H groups in total. The highest BCUT2D eigenvalue weighted by Crippen LogP contribution is 2.46. The molecule has 0 aromatic heterocycles. The molecule has 1 atom stereocenters. The number of nitrogens with zero attached hydrogens (tertiary/aromatic N) is 1. The van der Waals surface area contributed by atoms with Crippen molar-refractivity contribution < 1.29 is 9.90 Å². The van der Waals surface area contributed by atoms with E-state index < -0.39 is 5.97 Å². The summed E-state index contributed by atoms with van der Waals surface area (Å²) < 4.78 is 0.844. The average Bonchev–Trinajstić information content (AvgIpc) is 2.41. The molecule has 1 aliphatic heterocycles. The number of hydrogen-bond donors (Lipinski definition) is 1. The lowest BCUT2D eigenvalue weighted by Crippen LogP contribution is -2.15. The van der Waals surface area contributed by atoms with Crippen LogP contribution in [0.2, 0.25) is 0 Å². The van der Waals surface area contributed by atoms with Crippen LogP contribution in [-0.4, -0.2) is 11.1 Å². The lowest BCUT2D eigenvalue weighted by Gasteiger charge is -2.15. The maximum absolute atomic E-state index is 11.5. The van der Waals surface area contributed by atoms with Gasteiger partial charge >= 0.3 is 5.97 Å². The van der Waals surface area contributed by atoms with E-state index in [1.165, 1.54) is 0 Å². The molecule has 1 heterocycles. The number of halogens is 1. The van der Waals surface area contributed by atoms with Crippen LogP contribution in [0.5, 0.6) is 0 Å². The van der Waals surface area contributed by atoms with E-state index in [2.05, 4.69) is 21.2 Å². The fourth-order valence-electron chi connectivity index (χ4n) is 2.30. The van der Waals surface area contributed by atoms with E-state index in [-0.39, 0.29) is 7.66 Å². The molecule has 2 aromatic rings. The Morgan fingerprint density at radius 3 is 2.65 bits per heavy atom. The first-order chi connectivity index (χ1) is 9.50. The normalized spacial score (nSPS) is 16.1. The Morgan fingerprint density at radius 2 is 1.95 bits per heavy atom. The van der Waals surface area contributed by atoms with Crippen LogP contribution in [0.15, 0.2) is 40.2 Å². The lowest BCUT2D eigenvalue weighted by molar-refractivity contribution is 0.0696. The average molecular weight is 397 g/mol. The summed E-state index contributed by atoms with van der Waals surface area (Å²) in [6.07, 6.45) is 0. The van der Waals surface area contributed by atoms with Gasteiger partial charge in [-0.15, -0.1) is 0 Å². The van der Waals surface area contributed by atoms with E-state index in [0.717, 1.165) is 31.6 Å². The fourth-order valence-corrected chi connectivity index (χ4v) is 6.22. The van der Waals surface area contributed by atoms with E-state index in [9.17, 15) is 9.90 Å². The minimum atomic E-state index is -0.887. The quantitative estimate of drug-likeness (QED) is 0.580. The van der Waals surface area contributed by atoms with Gasteiger partial charge in [0.15, 0.2) is 0 Å². The summed E-state index contributed by atoms with van der Waals surface area (Å²) in [5.41, 5.74) is 3.50. The van der Waals surface area contributed by atoms with E-state index in [1.807, 2.05) is 38.1 Å². The van der Waals surface area contributed by atoms with Gasteiger partial charge in [-0.2, -0.15) is 0 Å². The Bertz CT molecular complexity index is 874. The minimum Gasteiger partial charge on any atom is -0.478 e. The molecule has 102 valence electrons. The summed E-state index contributed by atoms with van der Waals surface area (Å²) in [6.45, 7) is 4.02. The number of rotatable bonds is 1. The molecule has 0 fully saturated rings. The number of hydrogen-bond acceptors (Lipinski definition) is 2. The second-order valence-electron chi connectivity index (χ2n) is 4.70. The second kappa shape index (κ2) is 4.96. The maximum atomic E-state index is 11.5. The first kappa shape index (κ1) is 13.8. The van der Waals surface area contributed by atoms with Crippen molar-refractivity contribution in [1.82, 2.24) is 0 Å². The monoisotopic (exact) mass is 397 g/mol. The highest BCUT2D eigenvalue weighted by Gasteiger charge is 2.18. The first-order valence-electron chi connectivity index (χ1n) is 6.09. The van der Waals surface area contributed by atoms with E-state index in [0.29, 0.717) is 5.56 Å². The molecule has 3 rings (SSSR count). The molecule has 0 amide bonds. The smallest absolute Gasteiger partial charge is 0.336 e. The van der Waals surface area contributed by atoms with Crippen molar-refractivity contribution in [2.75, 3.05) is 0 Å². The number of aryl methyl sites for hydroxylation is 2. The highest BCUT2D eigenvalue weighted by molar-refractivity contribution is 14.2. The SMILES string of the molecule is Cc1cccc2c1N=c1c(C)ccc(C(=O)O)c1=S2I. The number of benzene rings is 2. The number of para-hydroxylation sites is 1. The molecule has 2 aromatic carbocycles. The molecule has 3 nitrogen and oxygen atoms in total. The topological polar surface area (TPSA) is 49.7 Å². The number of aromatic carboxylic acids is 1. The number of carboxylic acids is 1. The zero-order valence-electron chi connectivity index (χ0n) is 11.0. The van der Waals surface area contributed by atoms with Crippen LogP contribution in [0, 0.1) is 18.4 Å². The number of carboxylic acid groups (broad SMARTS) is 1. The summed E-state index contributed by atoms with van der Waals surface area (Å²) in [5, 5.41) is 10.2. The number of carbonyl (C=O) groups is 1. The molecule has 0 aliphatic carbocycles. The third-order valence-corrected chi connectivity index (χ3v) is 7.59. The van der Waals surface area contributed by atoms with Gasteiger partial charge in [0.2, 0.25) is 0 Å². The van der Waals surface area contributed by atoms with Crippen molar-refractivity contribution in [3.05, 3.63) is 56.9 Å². The van der Waals surface area contributed by atoms with Crippen molar-refractivity contribution >= 4 is 40.5 Å². The van der Waals surface area contributed by atoms with Crippen LogP contribution in [-0.2, 0) is 0 Å². The van der Waals surface area contributed by atoms with E-state index in [4.69, 9.17) is 4.99 Å². The largest absolute Gasteiger partial charge is 0.478 e. The second-order valence-corrected chi connectivity index (χ2v) is 8.71. The Labute approximate surface area is 130 Å². The van der Waals surface area contributed by atoms with Gasteiger partial charge in [0.25, 0.3) is 0 Å². The zero-order chi connectivity index (χ0) is 14.4. The Morgan fingerprint density at radius 1 is 1.20 bits per heavy atom. The van der Waals surface area contributed by atoms with Crippen molar-refractivity contribution in [2.24, 2.45) is 4.99 Å². The Balaban J connectivity index is 2.56. The standard InChI is InChI=1S/C15H12INO2S/c1-8-4-3-5-11-12(8)17-13-9(2)6-7-10(15(18)19)14(13)20(11)16/h3-7H,1-2H3,(H,18,19). The summed E-state index contributed by atoms with van der Waals surface area (Å²) in [7, 11) is -0.297. The maximum Gasteiger partial charge on any atom is 0.336 e. The predicted molar refractivity (Wildman–Crippen MR) is 88.8 cm³/mol. The third kappa shape index (κ3) is 2.00. The van der Waals surface area contributed by atoms with E-state index >= 15 is 0 Å². The zero-order valence-corrected chi connectivity index (χ0v) is 13.9. The molecule has 0 spiro atoms. The summed E-state index contributed by atoms with van der Waals surface area (Å²) in [6, 6.07) is 9.60. The van der Waals surface area contributed by atoms with Crippen LogP contribution in [0.25, 0.3) is 0 Å². The summed E-state index contributed by atoms with van der Waals surface area (Å²) >= 11 is 2.34. The van der Waals surface area contributed by atoms with Crippen molar-refractivity contribution in [1.29, 1.82) is 0 Å². The van der Waals surface area contributed by atoms with Gasteiger partial charge in [0.05, 0.1) is 21.1 Å². The van der Waals surface area contributed by atoms with Crippen LogP contribution in [0.1, 0.15) is 21.5 Å². The minimum absolute atomic E-state index is 0.297. The van der Waals surface area contributed by atoms with Crippen molar-refractivity contribution in [2.45, 2.75) is 18.7 Å². The van der Waals surface area contributed by atoms with Crippen molar-refractivity contribution in [3.8, 4) is 0 Å². The van der Waals surface area contributed by atoms with Gasteiger partial charge in [0, 0.05) is 4.90 Å². The lowest BCUT2D eigenvalue weighted by atomic mass is 10.1. The molecule has 0 radical (unpaired) electrons. The van der Waals surface area contributed by atoms with Gasteiger partial charge in [0.1, 0.15) is 0 Å². The molecule has 0 saturated heterocycles. The molecule has 1 unspecified atom stereocenters. The van der Waals surface area contributed by atoms with Gasteiger partial charge in [-0.05, 0) is 58.3 Å². The van der Waals surface area contributed by atoms with Gasteiger partial charge < -0.3 is 5.11 Å². The van der Waals surface area contributed by atoms with Crippen LogP contribution in [0.3, 0.4) is 0 Å². The van der Waals surface area contributed by atoms with Gasteiger partial charge in [-0.3, -0.25) is 0 Å².